The van der Waals surface area contributed by atoms with Gasteiger partial charge in [0.1, 0.15) is 0 Å². The van der Waals surface area contributed by atoms with E-state index in [-0.39, 0.29) is 5.41 Å². The van der Waals surface area contributed by atoms with E-state index in [2.05, 4.69) is 37.1 Å². The Bertz CT molecular complexity index is 390. The molecule has 3 heteroatoms. The summed E-state index contributed by atoms with van der Waals surface area (Å²) in [5, 5.41) is 3.58. The van der Waals surface area contributed by atoms with Crippen LogP contribution in [0, 0.1) is 12.3 Å². The van der Waals surface area contributed by atoms with Gasteiger partial charge in [0.25, 0.3) is 0 Å². The van der Waals surface area contributed by atoms with E-state index in [9.17, 15) is 0 Å². The summed E-state index contributed by atoms with van der Waals surface area (Å²) in [4.78, 5) is 4.30. The largest absolute Gasteiger partial charge is 0.380 e. The van der Waals surface area contributed by atoms with Gasteiger partial charge in [-0.05, 0) is 32.4 Å². The van der Waals surface area contributed by atoms with Crippen LogP contribution in [-0.2, 0) is 4.74 Å². The van der Waals surface area contributed by atoms with Crippen LogP contribution < -0.4 is 5.32 Å². The first-order valence-electron chi connectivity index (χ1n) is 6.35. The molecule has 1 aliphatic carbocycles. The Morgan fingerprint density at radius 3 is 2.88 bits per heavy atom. The summed E-state index contributed by atoms with van der Waals surface area (Å²) in [6.45, 7) is 9.42. The number of anilines is 1. The standard InChI is InChI=1S/C14H22N2O/c1-5-17-13-9-12(14(13,3)4)16-11-7-6-8-15-10(11)2/h6-8,12-13,16H,5,9H2,1-4H3. The van der Waals surface area contributed by atoms with Crippen LogP contribution in [0.15, 0.2) is 18.3 Å². The quantitative estimate of drug-likeness (QED) is 0.869. The Balaban J connectivity index is 2.01. The highest BCUT2D eigenvalue weighted by Crippen LogP contribution is 2.44. The van der Waals surface area contributed by atoms with Gasteiger partial charge >= 0.3 is 0 Å². The van der Waals surface area contributed by atoms with Gasteiger partial charge in [0, 0.05) is 24.3 Å². The van der Waals surface area contributed by atoms with Crippen molar-refractivity contribution in [2.24, 2.45) is 5.41 Å². The summed E-state index contributed by atoms with van der Waals surface area (Å²) in [6.07, 6.45) is 3.28. The van der Waals surface area contributed by atoms with E-state index in [1.54, 1.807) is 0 Å². The second-order valence-corrected chi connectivity index (χ2v) is 5.33. The van der Waals surface area contributed by atoms with E-state index in [0.29, 0.717) is 12.1 Å². The summed E-state index contributed by atoms with van der Waals surface area (Å²) in [5.41, 5.74) is 2.39. The number of hydrogen-bond donors (Lipinski definition) is 1. The third kappa shape index (κ3) is 2.29. The summed E-state index contributed by atoms with van der Waals surface area (Å²) < 4.78 is 5.74. The highest BCUT2D eigenvalue weighted by atomic mass is 16.5. The van der Waals surface area contributed by atoms with Crippen molar-refractivity contribution < 1.29 is 4.74 Å². The van der Waals surface area contributed by atoms with Crippen LogP contribution in [-0.4, -0.2) is 23.7 Å². The fourth-order valence-corrected chi connectivity index (χ4v) is 2.44. The Labute approximate surface area is 104 Å². The van der Waals surface area contributed by atoms with Gasteiger partial charge in [-0.15, -0.1) is 0 Å². The highest BCUT2D eigenvalue weighted by molar-refractivity contribution is 5.48. The predicted octanol–water partition coefficient (Wildman–Crippen LogP) is 3.01. The molecule has 3 nitrogen and oxygen atoms in total. The molecule has 2 atom stereocenters. The Morgan fingerprint density at radius 1 is 1.53 bits per heavy atom. The minimum absolute atomic E-state index is 0.193. The molecule has 0 radical (unpaired) electrons. The van der Waals surface area contributed by atoms with Crippen molar-refractivity contribution >= 4 is 5.69 Å². The molecule has 0 aromatic carbocycles. The number of aromatic nitrogens is 1. The molecule has 0 amide bonds. The van der Waals surface area contributed by atoms with Gasteiger partial charge in [0.05, 0.1) is 17.5 Å². The third-order valence-electron chi connectivity index (χ3n) is 3.88. The summed E-state index contributed by atoms with van der Waals surface area (Å²) in [7, 11) is 0. The van der Waals surface area contributed by atoms with E-state index in [1.807, 2.05) is 19.2 Å². The van der Waals surface area contributed by atoms with Crippen molar-refractivity contribution in [3.05, 3.63) is 24.0 Å². The van der Waals surface area contributed by atoms with E-state index in [4.69, 9.17) is 4.74 Å². The first-order valence-corrected chi connectivity index (χ1v) is 6.35. The van der Waals surface area contributed by atoms with Crippen molar-refractivity contribution in [3.8, 4) is 0 Å². The lowest BCUT2D eigenvalue weighted by atomic mass is 9.64. The zero-order valence-corrected chi connectivity index (χ0v) is 11.2. The SMILES string of the molecule is CCOC1CC(Nc2cccnc2C)C1(C)C. The van der Waals surface area contributed by atoms with Crippen molar-refractivity contribution in [1.29, 1.82) is 0 Å². The van der Waals surface area contributed by atoms with Crippen molar-refractivity contribution in [1.82, 2.24) is 4.98 Å². The smallest absolute Gasteiger partial charge is 0.0665 e. The average Bonchev–Trinajstić information content (AvgIpc) is 2.30. The second-order valence-electron chi connectivity index (χ2n) is 5.33. The lowest BCUT2D eigenvalue weighted by Crippen LogP contribution is -2.58. The zero-order chi connectivity index (χ0) is 12.5. The number of nitrogens with zero attached hydrogens (tertiary/aromatic N) is 1. The Hall–Kier alpha value is -1.09. The number of ether oxygens (including phenoxy) is 1. The minimum Gasteiger partial charge on any atom is -0.380 e. The van der Waals surface area contributed by atoms with Crippen LogP contribution in [0.25, 0.3) is 0 Å². The molecule has 1 N–H and O–H groups in total. The molecule has 1 heterocycles. The van der Waals surface area contributed by atoms with Gasteiger partial charge in [0.15, 0.2) is 0 Å². The maximum atomic E-state index is 5.74. The first-order chi connectivity index (χ1) is 8.05. The number of hydrogen-bond acceptors (Lipinski definition) is 3. The Kier molecular flexibility index (Phi) is 3.38. The third-order valence-corrected chi connectivity index (χ3v) is 3.88. The van der Waals surface area contributed by atoms with Crippen LogP contribution in [0.4, 0.5) is 5.69 Å². The summed E-state index contributed by atoms with van der Waals surface area (Å²) >= 11 is 0. The Morgan fingerprint density at radius 2 is 2.29 bits per heavy atom. The number of rotatable bonds is 4. The molecule has 94 valence electrons. The van der Waals surface area contributed by atoms with Crippen LogP contribution >= 0.6 is 0 Å². The molecule has 1 aromatic heterocycles. The van der Waals surface area contributed by atoms with E-state index >= 15 is 0 Å². The van der Waals surface area contributed by atoms with Crippen LogP contribution in [0.5, 0.6) is 0 Å². The van der Waals surface area contributed by atoms with Crippen LogP contribution in [0.3, 0.4) is 0 Å². The van der Waals surface area contributed by atoms with Gasteiger partial charge < -0.3 is 10.1 Å². The van der Waals surface area contributed by atoms with Gasteiger partial charge in [0.2, 0.25) is 0 Å². The lowest BCUT2D eigenvalue weighted by molar-refractivity contribution is -0.0976. The van der Waals surface area contributed by atoms with E-state index in [0.717, 1.165) is 24.4 Å². The number of pyridine rings is 1. The monoisotopic (exact) mass is 234 g/mol. The van der Waals surface area contributed by atoms with Crippen molar-refractivity contribution in [2.45, 2.75) is 46.3 Å². The summed E-state index contributed by atoms with van der Waals surface area (Å²) in [5.74, 6) is 0. The molecular weight excluding hydrogens is 212 g/mol. The molecule has 1 saturated carbocycles. The van der Waals surface area contributed by atoms with E-state index < -0.39 is 0 Å². The molecule has 1 aliphatic rings. The molecule has 0 aliphatic heterocycles. The molecule has 1 aromatic rings. The molecule has 1 fully saturated rings. The number of aryl methyl sites for hydroxylation is 1. The maximum absolute atomic E-state index is 5.74. The molecular formula is C14H22N2O. The maximum Gasteiger partial charge on any atom is 0.0665 e. The van der Waals surface area contributed by atoms with Gasteiger partial charge in [-0.25, -0.2) is 0 Å². The van der Waals surface area contributed by atoms with Crippen molar-refractivity contribution in [2.75, 3.05) is 11.9 Å². The second kappa shape index (κ2) is 4.65. The first kappa shape index (κ1) is 12.4. The summed E-state index contributed by atoms with van der Waals surface area (Å²) in [6, 6.07) is 4.54. The topological polar surface area (TPSA) is 34.1 Å². The number of nitrogens with one attached hydrogen (secondary N) is 1. The fraction of sp³-hybridized carbons (Fsp3) is 0.643. The average molecular weight is 234 g/mol. The van der Waals surface area contributed by atoms with Crippen LogP contribution in [0.1, 0.15) is 32.9 Å². The molecule has 0 saturated heterocycles. The zero-order valence-electron chi connectivity index (χ0n) is 11.2. The fourth-order valence-electron chi connectivity index (χ4n) is 2.44. The minimum atomic E-state index is 0.193. The lowest BCUT2D eigenvalue weighted by Gasteiger charge is -2.52. The van der Waals surface area contributed by atoms with Crippen molar-refractivity contribution in [3.63, 3.8) is 0 Å². The molecule has 0 bridgehead atoms. The molecule has 17 heavy (non-hydrogen) atoms. The molecule has 2 rings (SSSR count). The van der Waals surface area contributed by atoms with Gasteiger partial charge in [-0.3, -0.25) is 4.98 Å². The molecule has 0 spiro atoms. The molecule has 2 unspecified atom stereocenters. The highest BCUT2D eigenvalue weighted by Gasteiger charge is 2.48. The predicted molar refractivity (Wildman–Crippen MR) is 70.2 cm³/mol. The van der Waals surface area contributed by atoms with Gasteiger partial charge in [-0.2, -0.15) is 0 Å². The normalized spacial score (nSPS) is 26.4. The van der Waals surface area contributed by atoms with Crippen LogP contribution in [0.2, 0.25) is 0 Å². The van der Waals surface area contributed by atoms with Gasteiger partial charge in [-0.1, -0.05) is 13.8 Å². The van der Waals surface area contributed by atoms with E-state index in [1.165, 1.54) is 0 Å².